The van der Waals surface area contributed by atoms with Crippen molar-refractivity contribution in [3.8, 4) is 0 Å². The first-order chi connectivity index (χ1) is 8.99. The van der Waals surface area contributed by atoms with Gasteiger partial charge in [-0.1, -0.05) is 15.9 Å². The minimum Gasteiger partial charge on any atom is -0.327 e. The van der Waals surface area contributed by atoms with Crippen LogP contribution in [0.3, 0.4) is 0 Å². The van der Waals surface area contributed by atoms with E-state index < -0.39 is 24.7 Å². The van der Waals surface area contributed by atoms with E-state index in [9.17, 15) is 18.4 Å². The molecular formula is C13H12BrF2NO2. The lowest BCUT2D eigenvalue weighted by Crippen LogP contribution is -2.41. The van der Waals surface area contributed by atoms with Gasteiger partial charge in [0.05, 0.1) is 6.54 Å². The van der Waals surface area contributed by atoms with Gasteiger partial charge in [-0.15, -0.1) is 0 Å². The van der Waals surface area contributed by atoms with E-state index in [1.165, 1.54) is 12.1 Å². The highest BCUT2D eigenvalue weighted by Crippen LogP contribution is 2.28. The second-order valence-corrected chi connectivity index (χ2v) is 5.33. The third kappa shape index (κ3) is 3.59. The second kappa shape index (κ2) is 5.77. The molecule has 0 spiro atoms. The van der Waals surface area contributed by atoms with E-state index in [1.807, 2.05) is 0 Å². The summed E-state index contributed by atoms with van der Waals surface area (Å²) in [5.41, 5.74) is 0.216. The maximum absolute atomic E-state index is 12.4. The first kappa shape index (κ1) is 14.1. The van der Waals surface area contributed by atoms with Gasteiger partial charge in [0.25, 0.3) is 12.3 Å². The number of ketones is 1. The molecule has 19 heavy (non-hydrogen) atoms. The Labute approximate surface area is 117 Å². The highest BCUT2D eigenvalue weighted by atomic mass is 79.9. The van der Waals surface area contributed by atoms with Crippen molar-refractivity contribution in [2.24, 2.45) is 0 Å². The van der Waals surface area contributed by atoms with E-state index in [2.05, 4.69) is 15.9 Å². The topological polar surface area (TPSA) is 37.4 Å². The third-order valence-electron chi connectivity index (χ3n) is 2.88. The summed E-state index contributed by atoms with van der Waals surface area (Å²) >= 11 is 3.22. The van der Waals surface area contributed by atoms with Gasteiger partial charge in [0.2, 0.25) is 5.78 Å². The van der Waals surface area contributed by atoms with Gasteiger partial charge in [-0.05, 0) is 37.1 Å². The SMILES string of the molecule is O=C(C(=O)N(CC(F)F)C1CC1)c1ccc(Br)cc1. The Balaban J connectivity index is 2.12. The molecule has 3 nitrogen and oxygen atoms in total. The summed E-state index contributed by atoms with van der Waals surface area (Å²) in [7, 11) is 0. The molecule has 2 rings (SSSR count). The zero-order valence-corrected chi connectivity index (χ0v) is 11.6. The monoisotopic (exact) mass is 331 g/mol. The van der Waals surface area contributed by atoms with Crippen molar-refractivity contribution in [3.63, 3.8) is 0 Å². The average Bonchev–Trinajstić information content (AvgIpc) is 3.19. The van der Waals surface area contributed by atoms with Crippen LogP contribution in [0.5, 0.6) is 0 Å². The van der Waals surface area contributed by atoms with Crippen LogP contribution in [0.15, 0.2) is 28.7 Å². The fourth-order valence-electron chi connectivity index (χ4n) is 1.79. The number of hydrogen-bond donors (Lipinski definition) is 0. The predicted molar refractivity (Wildman–Crippen MR) is 69.2 cm³/mol. The summed E-state index contributed by atoms with van der Waals surface area (Å²) in [6.07, 6.45) is -1.25. The molecule has 1 aliphatic carbocycles. The zero-order valence-electron chi connectivity index (χ0n) is 9.98. The minimum atomic E-state index is -2.62. The molecule has 102 valence electrons. The van der Waals surface area contributed by atoms with Crippen LogP contribution in [0.1, 0.15) is 23.2 Å². The van der Waals surface area contributed by atoms with E-state index in [0.29, 0.717) is 12.8 Å². The van der Waals surface area contributed by atoms with Crippen LogP contribution in [0, 0.1) is 0 Å². The molecule has 6 heteroatoms. The number of nitrogens with zero attached hydrogens (tertiary/aromatic N) is 1. The highest BCUT2D eigenvalue weighted by Gasteiger charge is 2.37. The molecule has 0 bridgehead atoms. The molecule has 0 radical (unpaired) electrons. The van der Waals surface area contributed by atoms with Gasteiger partial charge in [0, 0.05) is 16.1 Å². The average molecular weight is 332 g/mol. The summed E-state index contributed by atoms with van der Waals surface area (Å²) in [6.45, 7) is -0.675. The van der Waals surface area contributed by atoms with Crippen LogP contribution in [0.2, 0.25) is 0 Å². The van der Waals surface area contributed by atoms with E-state index in [-0.39, 0.29) is 11.6 Å². The molecule has 1 amide bonds. The van der Waals surface area contributed by atoms with Crippen LogP contribution in [0.4, 0.5) is 8.78 Å². The number of halogens is 3. The summed E-state index contributed by atoms with van der Waals surface area (Å²) in [5.74, 6) is -1.58. The van der Waals surface area contributed by atoms with Crippen LogP contribution in [0.25, 0.3) is 0 Å². The Bertz CT molecular complexity index is 486. The number of carbonyl (C=O) groups is 2. The van der Waals surface area contributed by atoms with Crippen LogP contribution in [-0.4, -0.2) is 35.6 Å². The smallest absolute Gasteiger partial charge is 0.295 e. The van der Waals surface area contributed by atoms with Crippen molar-refractivity contribution in [2.45, 2.75) is 25.3 Å². The van der Waals surface area contributed by atoms with Gasteiger partial charge in [-0.3, -0.25) is 9.59 Å². The summed E-state index contributed by atoms with van der Waals surface area (Å²) in [5, 5.41) is 0. The third-order valence-corrected chi connectivity index (χ3v) is 3.41. The first-order valence-corrected chi connectivity index (χ1v) is 6.67. The number of hydrogen-bond acceptors (Lipinski definition) is 2. The lowest BCUT2D eigenvalue weighted by atomic mass is 10.1. The van der Waals surface area contributed by atoms with Crippen molar-refractivity contribution in [1.29, 1.82) is 0 Å². The van der Waals surface area contributed by atoms with Crippen molar-refractivity contribution >= 4 is 27.6 Å². The number of benzene rings is 1. The number of carbonyl (C=O) groups excluding carboxylic acids is 2. The maximum atomic E-state index is 12.4. The number of alkyl halides is 2. The molecule has 0 N–H and O–H groups in total. The number of amides is 1. The normalized spacial score (nSPS) is 14.5. The molecule has 1 aromatic carbocycles. The molecular weight excluding hydrogens is 320 g/mol. The molecule has 0 saturated heterocycles. The first-order valence-electron chi connectivity index (χ1n) is 5.88. The van der Waals surface area contributed by atoms with Crippen molar-refractivity contribution in [3.05, 3.63) is 34.3 Å². The zero-order chi connectivity index (χ0) is 14.0. The molecule has 0 aliphatic heterocycles. The summed E-state index contributed by atoms with van der Waals surface area (Å²) in [4.78, 5) is 24.9. The van der Waals surface area contributed by atoms with E-state index in [1.54, 1.807) is 12.1 Å². The van der Waals surface area contributed by atoms with Gasteiger partial charge < -0.3 is 4.90 Å². The highest BCUT2D eigenvalue weighted by molar-refractivity contribution is 9.10. The molecule has 1 aromatic rings. The molecule has 0 unspecified atom stereocenters. The molecule has 1 saturated carbocycles. The molecule has 0 atom stereocenters. The molecule has 1 aliphatic rings. The Kier molecular flexibility index (Phi) is 4.29. The van der Waals surface area contributed by atoms with Crippen LogP contribution < -0.4 is 0 Å². The van der Waals surface area contributed by atoms with E-state index in [0.717, 1.165) is 9.37 Å². The standard InChI is InChI=1S/C13H12BrF2NO2/c14-9-3-1-8(2-4-9)12(18)13(19)17(7-11(15)16)10-5-6-10/h1-4,10-11H,5-7H2. The van der Waals surface area contributed by atoms with Crippen molar-refractivity contribution < 1.29 is 18.4 Å². The molecule has 1 fully saturated rings. The van der Waals surface area contributed by atoms with Gasteiger partial charge in [0.1, 0.15) is 0 Å². The van der Waals surface area contributed by atoms with Gasteiger partial charge >= 0.3 is 0 Å². The molecule has 0 aromatic heterocycles. The largest absolute Gasteiger partial charge is 0.327 e. The van der Waals surface area contributed by atoms with Crippen LogP contribution >= 0.6 is 15.9 Å². The van der Waals surface area contributed by atoms with Gasteiger partial charge in [-0.25, -0.2) is 8.78 Å². The Morgan fingerprint density at radius 3 is 2.32 bits per heavy atom. The number of Topliss-reactive ketones (excluding diaryl/α,β-unsaturated/α-hetero) is 1. The second-order valence-electron chi connectivity index (χ2n) is 4.42. The van der Waals surface area contributed by atoms with Gasteiger partial charge in [-0.2, -0.15) is 0 Å². The lowest BCUT2D eigenvalue weighted by molar-refractivity contribution is -0.128. The maximum Gasteiger partial charge on any atom is 0.295 e. The van der Waals surface area contributed by atoms with Crippen molar-refractivity contribution in [1.82, 2.24) is 4.90 Å². The Morgan fingerprint density at radius 2 is 1.84 bits per heavy atom. The summed E-state index contributed by atoms with van der Waals surface area (Å²) in [6, 6.07) is 6.06. The van der Waals surface area contributed by atoms with Crippen molar-refractivity contribution in [2.75, 3.05) is 6.54 Å². The van der Waals surface area contributed by atoms with Gasteiger partial charge in [0.15, 0.2) is 0 Å². The predicted octanol–water partition coefficient (Wildman–Crippen LogP) is 2.89. The fraction of sp³-hybridized carbons (Fsp3) is 0.385. The van der Waals surface area contributed by atoms with E-state index >= 15 is 0 Å². The van der Waals surface area contributed by atoms with E-state index in [4.69, 9.17) is 0 Å². The van der Waals surface area contributed by atoms with Crippen LogP contribution in [-0.2, 0) is 4.79 Å². The quantitative estimate of drug-likeness (QED) is 0.614. The Hall–Kier alpha value is -1.30. The number of rotatable bonds is 5. The lowest BCUT2D eigenvalue weighted by Gasteiger charge is -2.20. The molecule has 0 heterocycles. The fourth-order valence-corrected chi connectivity index (χ4v) is 2.05. The summed E-state index contributed by atoms with van der Waals surface area (Å²) < 4.78 is 25.7. The Morgan fingerprint density at radius 1 is 1.26 bits per heavy atom. The minimum absolute atomic E-state index is 0.208.